The van der Waals surface area contributed by atoms with Crippen molar-refractivity contribution in [1.29, 1.82) is 0 Å². The average molecular weight is 424 g/mol. The number of nitrogens with zero attached hydrogens (tertiary/aromatic N) is 3. The summed E-state index contributed by atoms with van der Waals surface area (Å²) in [5.41, 5.74) is 0.682. The van der Waals surface area contributed by atoms with E-state index in [1.165, 1.54) is 6.33 Å². The molecule has 1 aromatic carbocycles. The Morgan fingerprint density at radius 2 is 1.93 bits per heavy atom. The highest BCUT2D eigenvalue weighted by Crippen LogP contribution is 2.29. The van der Waals surface area contributed by atoms with Crippen LogP contribution in [0.3, 0.4) is 0 Å². The van der Waals surface area contributed by atoms with Crippen molar-refractivity contribution in [2.75, 3.05) is 38.2 Å². The van der Waals surface area contributed by atoms with Gasteiger partial charge in [0.05, 0.1) is 22.1 Å². The SMILES string of the molecule is O=C(CNc1ncnc2cc(Cl)c(Cl)cc12)N1CCC(NC2CCOCC2)C1. The summed E-state index contributed by atoms with van der Waals surface area (Å²) in [6.45, 7) is 3.33. The van der Waals surface area contributed by atoms with Crippen LogP contribution in [0.5, 0.6) is 0 Å². The first-order valence-electron chi connectivity index (χ1n) is 9.55. The van der Waals surface area contributed by atoms with Crippen molar-refractivity contribution in [1.82, 2.24) is 20.2 Å². The maximum Gasteiger partial charge on any atom is 0.241 e. The first kappa shape index (κ1) is 19.6. The molecule has 1 atom stereocenters. The number of halogens is 2. The highest BCUT2D eigenvalue weighted by atomic mass is 35.5. The van der Waals surface area contributed by atoms with Crippen molar-refractivity contribution < 1.29 is 9.53 Å². The number of hydrogen-bond donors (Lipinski definition) is 2. The molecule has 2 saturated heterocycles. The van der Waals surface area contributed by atoms with Crippen LogP contribution in [0.4, 0.5) is 5.82 Å². The van der Waals surface area contributed by atoms with E-state index in [0.717, 1.165) is 51.0 Å². The van der Waals surface area contributed by atoms with Crippen LogP contribution in [0.2, 0.25) is 10.0 Å². The lowest BCUT2D eigenvalue weighted by atomic mass is 10.1. The highest BCUT2D eigenvalue weighted by Gasteiger charge is 2.28. The minimum absolute atomic E-state index is 0.0584. The van der Waals surface area contributed by atoms with Gasteiger partial charge in [-0.15, -0.1) is 0 Å². The largest absolute Gasteiger partial charge is 0.381 e. The Balaban J connectivity index is 1.33. The Hall–Kier alpha value is -1.67. The zero-order chi connectivity index (χ0) is 19.5. The molecule has 150 valence electrons. The summed E-state index contributed by atoms with van der Waals surface area (Å²) < 4.78 is 5.40. The fourth-order valence-electron chi connectivity index (χ4n) is 3.78. The zero-order valence-electron chi connectivity index (χ0n) is 15.5. The molecule has 28 heavy (non-hydrogen) atoms. The van der Waals surface area contributed by atoms with Crippen LogP contribution in [0.1, 0.15) is 19.3 Å². The molecular weight excluding hydrogens is 401 g/mol. The van der Waals surface area contributed by atoms with Crippen molar-refractivity contribution in [2.24, 2.45) is 0 Å². The number of nitrogens with one attached hydrogen (secondary N) is 2. The van der Waals surface area contributed by atoms with Gasteiger partial charge in [0.15, 0.2) is 0 Å². The maximum absolute atomic E-state index is 12.6. The molecule has 0 spiro atoms. The van der Waals surface area contributed by atoms with E-state index in [9.17, 15) is 4.79 Å². The fourth-order valence-corrected chi connectivity index (χ4v) is 4.11. The summed E-state index contributed by atoms with van der Waals surface area (Å²) in [5, 5.41) is 8.41. The second kappa shape index (κ2) is 8.78. The summed E-state index contributed by atoms with van der Waals surface area (Å²) in [6, 6.07) is 4.26. The minimum atomic E-state index is 0.0584. The van der Waals surface area contributed by atoms with E-state index in [1.807, 2.05) is 4.90 Å². The minimum Gasteiger partial charge on any atom is -0.381 e. The van der Waals surface area contributed by atoms with Gasteiger partial charge in [-0.3, -0.25) is 4.79 Å². The van der Waals surface area contributed by atoms with Crippen molar-refractivity contribution >= 4 is 45.8 Å². The molecule has 1 unspecified atom stereocenters. The topological polar surface area (TPSA) is 79.4 Å². The molecule has 1 aromatic heterocycles. The summed E-state index contributed by atoms with van der Waals surface area (Å²) in [6.07, 6.45) is 4.51. The molecule has 3 heterocycles. The van der Waals surface area contributed by atoms with Gasteiger partial charge in [-0.2, -0.15) is 0 Å². The number of carbonyl (C=O) groups excluding carboxylic acids is 1. The molecule has 0 saturated carbocycles. The van der Waals surface area contributed by atoms with Gasteiger partial charge in [0.1, 0.15) is 12.1 Å². The van der Waals surface area contributed by atoms with Crippen molar-refractivity contribution in [2.45, 2.75) is 31.3 Å². The molecule has 4 rings (SSSR count). The summed E-state index contributed by atoms with van der Waals surface area (Å²) >= 11 is 12.2. The Kier molecular flexibility index (Phi) is 6.16. The first-order valence-corrected chi connectivity index (χ1v) is 10.3. The lowest BCUT2D eigenvalue weighted by Gasteiger charge is -2.26. The van der Waals surface area contributed by atoms with Gasteiger partial charge >= 0.3 is 0 Å². The van der Waals surface area contributed by atoms with Crippen molar-refractivity contribution in [3.63, 3.8) is 0 Å². The van der Waals surface area contributed by atoms with E-state index in [1.54, 1.807) is 12.1 Å². The number of amides is 1. The van der Waals surface area contributed by atoms with Gasteiger partial charge in [0, 0.05) is 43.8 Å². The Morgan fingerprint density at radius 1 is 1.14 bits per heavy atom. The predicted molar refractivity (Wildman–Crippen MR) is 110 cm³/mol. The monoisotopic (exact) mass is 423 g/mol. The number of benzene rings is 1. The van der Waals surface area contributed by atoms with Crippen LogP contribution in [-0.4, -0.2) is 65.7 Å². The molecule has 9 heteroatoms. The van der Waals surface area contributed by atoms with Crippen molar-refractivity contribution in [3.05, 3.63) is 28.5 Å². The third-order valence-corrected chi connectivity index (χ3v) is 6.04. The lowest BCUT2D eigenvalue weighted by molar-refractivity contribution is -0.128. The van der Waals surface area contributed by atoms with Crippen LogP contribution in [0, 0.1) is 0 Å². The smallest absolute Gasteiger partial charge is 0.241 e. The number of fused-ring (bicyclic) bond motifs is 1. The van der Waals surface area contributed by atoms with Gasteiger partial charge in [-0.05, 0) is 31.4 Å². The number of likely N-dealkylation sites (tertiary alicyclic amines) is 1. The number of aromatic nitrogens is 2. The van der Waals surface area contributed by atoms with E-state index in [-0.39, 0.29) is 12.5 Å². The molecule has 2 N–H and O–H groups in total. The number of carbonyl (C=O) groups is 1. The Labute approximate surface area is 173 Å². The zero-order valence-corrected chi connectivity index (χ0v) is 17.0. The third kappa shape index (κ3) is 4.49. The molecule has 7 nitrogen and oxygen atoms in total. The molecule has 1 amide bonds. The van der Waals surface area contributed by atoms with E-state index in [4.69, 9.17) is 27.9 Å². The highest BCUT2D eigenvalue weighted by molar-refractivity contribution is 6.42. The summed E-state index contributed by atoms with van der Waals surface area (Å²) in [5.74, 6) is 0.635. The molecule has 2 aromatic rings. The quantitative estimate of drug-likeness (QED) is 0.769. The average Bonchev–Trinajstić information content (AvgIpc) is 3.16. The van der Waals surface area contributed by atoms with Gasteiger partial charge in [0.25, 0.3) is 0 Å². The third-order valence-electron chi connectivity index (χ3n) is 5.32. The van der Waals surface area contributed by atoms with Gasteiger partial charge in [-0.25, -0.2) is 9.97 Å². The number of anilines is 1. The molecule has 2 aliphatic rings. The van der Waals surface area contributed by atoms with Crippen LogP contribution in [0.15, 0.2) is 18.5 Å². The van der Waals surface area contributed by atoms with Crippen LogP contribution < -0.4 is 10.6 Å². The Morgan fingerprint density at radius 3 is 2.75 bits per heavy atom. The standard InChI is InChI=1S/C19H23Cl2N5O2/c20-15-7-14-17(8-16(15)21)23-11-24-19(14)22-9-18(27)26-4-1-13(10-26)25-12-2-5-28-6-3-12/h7-8,11-13,25H,1-6,9-10H2,(H,22,23,24). The van der Waals surface area contributed by atoms with Crippen LogP contribution in [0.25, 0.3) is 10.9 Å². The second-order valence-electron chi connectivity index (χ2n) is 7.24. The molecule has 0 radical (unpaired) electrons. The number of hydrogen-bond acceptors (Lipinski definition) is 6. The van der Waals surface area contributed by atoms with Crippen LogP contribution >= 0.6 is 23.2 Å². The van der Waals surface area contributed by atoms with E-state index >= 15 is 0 Å². The molecule has 0 bridgehead atoms. The number of ether oxygens (including phenoxy) is 1. The van der Waals surface area contributed by atoms with Gasteiger partial charge in [-0.1, -0.05) is 23.2 Å². The lowest BCUT2D eigenvalue weighted by Crippen LogP contribution is -2.44. The summed E-state index contributed by atoms with van der Waals surface area (Å²) in [4.78, 5) is 23.0. The Bertz CT molecular complexity index is 860. The van der Waals surface area contributed by atoms with Gasteiger partial charge in [0.2, 0.25) is 5.91 Å². The molecular formula is C19H23Cl2N5O2. The number of rotatable bonds is 5. The van der Waals surface area contributed by atoms with E-state index in [2.05, 4.69) is 20.6 Å². The van der Waals surface area contributed by atoms with Crippen molar-refractivity contribution in [3.8, 4) is 0 Å². The molecule has 0 aliphatic carbocycles. The van der Waals surface area contributed by atoms with E-state index < -0.39 is 0 Å². The van der Waals surface area contributed by atoms with Gasteiger partial charge < -0.3 is 20.3 Å². The predicted octanol–water partition coefficient (Wildman–Crippen LogP) is 2.72. The second-order valence-corrected chi connectivity index (χ2v) is 8.05. The maximum atomic E-state index is 12.6. The first-order chi connectivity index (χ1) is 13.6. The molecule has 2 fully saturated rings. The van der Waals surface area contributed by atoms with E-state index in [0.29, 0.717) is 33.5 Å². The molecule has 2 aliphatic heterocycles. The normalized spacial score (nSPS) is 20.6. The fraction of sp³-hybridized carbons (Fsp3) is 0.526. The van der Waals surface area contributed by atoms with Crippen LogP contribution in [-0.2, 0) is 9.53 Å². The summed E-state index contributed by atoms with van der Waals surface area (Å²) in [7, 11) is 0.